The zero-order chi connectivity index (χ0) is 20.9. The van der Waals surface area contributed by atoms with Gasteiger partial charge in [-0.2, -0.15) is 0 Å². The van der Waals surface area contributed by atoms with Gasteiger partial charge in [0.05, 0.1) is 22.9 Å². The van der Waals surface area contributed by atoms with E-state index in [1.807, 2.05) is 53.9 Å². The number of hydrogen-bond donors (Lipinski definition) is 2. The topological polar surface area (TPSA) is 96.9 Å². The van der Waals surface area contributed by atoms with E-state index in [0.29, 0.717) is 17.2 Å². The number of rotatable bonds is 6. The predicted molar refractivity (Wildman–Crippen MR) is 117 cm³/mol. The summed E-state index contributed by atoms with van der Waals surface area (Å²) in [6, 6.07) is 15.4. The standard InChI is InChI=1S/C22H19N5O2S/c1-14(28)23-11-10-15-6-8-16(9-7-15)20-13-30-22(26-20)27-21(29)19-12-24-17-4-2-3-5-18(17)25-19/h2-9,12-13H,10-11H2,1H3,(H,23,28)(H,26,27,29). The largest absolute Gasteiger partial charge is 0.356 e. The first kappa shape index (κ1) is 19.7. The highest BCUT2D eigenvalue weighted by Crippen LogP contribution is 2.25. The van der Waals surface area contributed by atoms with Gasteiger partial charge in [0, 0.05) is 24.4 Å². The van der Waals surface area contributed by atoms with Crippen molar-refractivity contribution >= 4 is 39.3 Å². The molecule has 4 rings (SSSR count). The second-order valence-electron chi connectivity index (χ2n) is 6.67. The minimum Gasteiger partial charge on any atom is -0.356 e. The van der Waals surface area contributed by atoms with Crippen molar-refractivity contribution < 1.29 is 9.59 Å². The van der Waals surface area contributed by atoms with E-state index in [0.717, 1.165) is 28.8 Å². The van der Waals surface area contributed by atoms with Gasteiger partial charge in [-0.05, 0) is 24.1 Å². The number of nitrogens with zero attached hydrogens (tertiary/aromatic N) is 3. The minimum absolute atomic E-state index is 0.0293. The summed E-state index contributed by atoms with van der Waals surface area (Å²) in [5.74, 6) is -0.374. The number of thiazole rings is 1. The summed E-state index contributed by atoms with van der Waals surface area (Å²) in [5, 5.41) is 7.97. The van der Waals surface area contributed by atoms with E-state index in [1.54, 1.807) is 0 Å². The predicted octanol–water partition coefficient (Wildman–Crippen LogP) is 3.68. The minimum atomic E-state index is -0.345. The van der Waals surface area contributed by atoms with Crippen LogP contribution in [0.4, 0.5) is 5.13 Å². The SMILES string of the molecule is CC(=O)NCCc1ccc(-c2csc(NC(=O)c3cnc4ccccc4n3)n2)cc1. The third-order valence-electron chi connectivity index (χ3n) is 4.44. The fraction of sp³-hybridized carbons (Fsp3) is 0.136. The van der Waals surface area contributed by atoms with Gasteiger partial charge in [-0.15, -0.1) is 11.3 Å². The maximum absolute atomic E-state index is 12.5. The Morgan fingerprint density at radius 2 is 1.77 bits per heavy atom. The molecule has 0 aliphatic carbocycles. The Kier molecular flexibility index (Phi) is 5.76. The van der Waals surface area contributed by atoms with Crippen LogP contribution in [-0.2, 0) is 11.2 Å². The molecule has 7 nitrogen and oxygen atoms in total. The molecular formula is C22H19N5O2S. The Hall–Kier alpha value is -3.65. The molecule has 4 aromatic rings. The molecule has 0 radical (unpaired) electrons. The van der Waals surface area contributed by atoms with Crippen LogP contribution in [-0.4, -0.2) is 33.3 Å². The Bertz CT molecular complexity index is 1200. The lowest BCUT2D eigenvalue weighted by atomic mass is 10.1. The maximum Gasteiger partial charge on any atom is 0.277 e. The molecule has 2 N–H and O–H groups in total. The van der Waals surface area contributed by atoms with Crippen molar-refractivity contribution in [3.05, 3.63) is 71.4 Å². The molecule has 0 unspecified atom stereocenters. The van der Waals surface area contributed by atoms with Crippen LogP contribution in [0.2, 0.25) is 0 Å². The summed E-state index contributed by atoms with van der Waals surface area (Å²) in [4.78, 5) is 36.6. The molecule has 2 aromatic carbocycles. The number of carbonyl (C=O) groups is 2. The molecular weight excluding hydrogens is 398 g/mol. The summed E-state index contributed by atoms with van der Waals surface area (Å²) >= 11 is 1.35. The van der Waals surface area contributed by atoms with E-state index >= 15 is 0 Å². The first-order valence-corrected chi connectivity index (χ1v) is 10.3. The quantitative estimate of drug-likeness (QED) is 0.499. The highest BCUT2D eigenvalue weighted by molar-refractivity contribution is 7.14. The molecule has 8 heteroatoms. The van der Waals surface area contributed by atoms with Crippen molar-refractivity contribution in [2.75, 3.05) is 11.9 Å². The molecule has 2 aromatic heterocycles. The number of amides is 2. The molecule has 0 aliphatic heterocycles. The van der Waals surface area contributed by atoms with Crippen molar-refractivity contribution in [3.8, 4) is 11.3 Å². The Labute approximate surface area is 177 Å². The zero-order valence-corrected chi connectivity index (χ0v) is 17.1. The molecule has 0 saturated carbocycles. The fourth-order valence-electron chi connectivity index (χ4n) is 2.92. The van der Waals surface area contributed by atoms with Crippen LogP contribution in [0.5, 0.6) is 0 Å². The number of nitrogens with one attached hydrogen (secondary N) is 2. The van der Waals surface area contributed by atoms with Gasteiger partial charge in [0.25, 0.3) is 5.91 Å². The number of hydrogen-bond acceptors (Lipinski definition) is 6. The van der Waals surface area contributed by atoms with Crippen LogP contribution in [0.15, 0.2) is 60.1 Å². The third kappa shape index (κ3) is 4.66. The molecule has 0 atom stereocenters. The van der Waals surface area contributed by atoms with Gasteiger partial charge in [-0.25, -0.2) is 9.97 Å². The number of carbonyl (C=O) groups excluding carboxylic acids is 2. The molecule has 2 heterocycles. The van der Waals surface area contributed by atoms with Crippen LogP contribution < -0.4 is 10.6 Å². The van der Waals surface area contributed by atoms with Crippen LogP contribution >= 0.6 is 11.3 Å². The first-order valence-electron chi connectivity index (χ1n) is 9.41. The van der Waals surface area contributed by atoms with Gasteiger partial charge in [-0.1, -0.05) is 36.4 Å². The average Bonchev–Trinajstić information content (AvgIpc) is 3.22. The lowest BCUT2D eigenvalue weighted by molar-refractivity contribution is -0.118. The second kappa shape index (κ2) is 8.79. The van der Waals surface area contributed by atoms with E-state index < -0.39 is 0 Å². The van der Waals surface area contributed by atoms with E-state index in [9.17, 15) is 9.59 Å². The third-order valence-corrected chi connectivity index (χ3v) is 5.20. The van der Waals surface area contributed by atoms with Gasteiger partial charge in [0.15, 0.2) is 5.13 Å². The van der Waals surface area contributed by atoms with Crippen molar-refractivity contribution in [3.63, 3.8) is 0 Å². The second-order valence-corrected chi connectivity index (χ2v) is 7.52. The van der Waals surface area contributed by atoms with Crippen molar-refractivity contribution in [1.82, 2.24) is 20.3 Å². The van der Waals surface area contributed by atoms with E-state index in [1.165, 1.54) is 24.5 Å². The van der Waals surface area contributed by atoms with E-state index in [-0.39, 0.29) is 17.5 Å². The van der Waals surface area contributed by atoms with Crippen LogP contribution in [0.25, 0.3) is 22.3 Å². The Morgan fingerprint density at radius 3 is 2.53 bits per heavy atom. The summed E-state index contributed by atoms with van der Waals surface area (Å²) in [5.41, 5.74) is 4.53. The smallest absolute Gasteiger partial charge is 0.277 e. The number of anilines is 1. The lowest BCUT2D eigenvalue weighted by Gasteiger charge is -2.04. The van der Waals surface area contributed by atoms with E-state index in [4.69, 9.17) is 0 Å². The van der Waals surface area contributed by atoms with Gasteiger partial charge in [-0.3, -0.25) is 19.9 Å². The number of para-hydroxylation sites is 2. The fourth-order valence-corrected chi connectivity index (χ4v) is 3.63. The highest BCUT2D eigenvalue weighted by Gasteiger charge is 2.12. The van der Waals surface area contributed by atoms with Crippen molar-refractivity contribution in [2.45, 2.75) is 13.3 Å². The van der Waals surface area contributed by atoms with Crippen LogP contribution in [0.1, 0.15) is 23.0 Å². The summed E-state index contributed by atoms with van der Waals surface area (Å²) in [7, 11) is 0. The number of fused-ring (bicyclic) bond motifs is 1. The summed E-state index contributed by atoms with van der Waals surface area (Å²) in [6.45, 7) is 2.12. The Morgan fingerprint density at radius 1 is 1.00 bits per heavy atom. The molecule has 0 bridgehead atoms. The molecule has 0 saturated heterocycles. The first-order chi connectivity index (χ1) is 14.6. The van der Waals surface area contributed by atoms with Crippen molar-refractivity contribution in [1.29, 1.82) is 0 Å². The van der Waals surface area contributed by atoms with Gasteiger partial charge in [0.2, 0.25) is 5.91 Å². The van der Waals surface area contributed by atoms with Crippen molar-refractivity contribution in [2.24, 2.45) is 0 Å². The van der Waals surface area contributed by atoms with E-state index in [2.05, 4.69) is 25.6 Å². The van der Waals surface area contributed by atoms with Gasteiger partial charge in [0.1, 0.15) is 5.69 Å². The molecule has 0 spiro atoms. The lowest BCUT2D eigenvalue weighted by Crippen LogP contribution is -2.22. The molecule has 2 amide bonds. The molecule has 0 aliphatic rings. The number of benzene rings is 2. The zero-order valence-electron chi connectivity index (χ0n) is 16.3. The molecule has 0 fully saturated rings. The normalized spacial score (nSPS) is 10.7. The monoisotopic (exact) mass is 417 g/mol. The molecule has 30 heavy (non-hydrogen) atoms. The number of aromatic nitrogens is 3. The van der Waals surface area contributed by atoms with Gasteiger partial charge < -0.3 is 5.32 Å². The summed E-state index contributed by atoms with van der Waals surface area (Å²) < 4.78 is 0. The van der Waals surface area contributed by atoms with Gasteiger partial charge >= 0.3 is 0 Å². The highest BCUT2D eigenvalue weighted by atomic mass is 32.1. The van der Waals surface area contributed by atoms with Crippen LogP contribution in [0.3, 0.4) is 0 Å². The Balaban J connectivity index is 1.42. The summed E-state index contributed by atoms with van der Waals surface area (Å²) in [6.07, 6.45) is 2.23. The van der Waals surface area contributed by atoms with Crippen LogP contribution in [0, 0.1) is 0 Å². The average molecular weight is 417 g/mol. The maximum atomic E-state index is 12.5. The molecule has 150 valence electrons.